The van der Waals surface area contributed by atoms with Gasteiger partial charge in [-0.05, 0) is 67.8 Å². The van der Waals surface area contributed by atoms with Crippen LogP contribution < -0.4 is 0 Å². The first-order valence-electron chi connectivity index (χ1n) is 11.2. The molecular weight excluding hydrogens is 442 g/mol. The van der Waals surface area contributed by atoms with Crippen molar-refractivity contribution >= 4 is 17.8 Å². The van der Waals surface area contributed by atoms with Gasteiger partial charge in [0.25, 0.3) is 0 Å². The number of likely N-dealkylation sites (tertiary alicyclic amines) is 2. The number of nitrogens with zero attached hydrogens (tertiary/aromatic N) is 7. The number of piperidine rings is 1. The second-order valence-corrected chi connectivity index (χ2v) is 8.99. The Morgan fingerprint density at radius 3 is 2.62 bits per heavy atom. The molecule has 178 valence electrons. The molecule has 5 heterocycles. The number of ether oxygens (including phenoxy) is 1. The Kier molecular flexibility index (Phi) is 5.60. The Balaban J connectivity index is 1.21. The van der Waals surface area contributed by atoms with E-state index >= 15 is 0 Å². The molecule has 0 aliphatic carbocycles. The van der Waals surface area contributed by atoms with Crippen LogP contribution in [-0.2, 0) is 20.7 Å². The van der Waals surface area contributed by atoms with Gasteiger partial charge in [-0.3, -0.25) is 4.79 Å². The number of pyridine rings is 1. The second kappa shape index (κ2) is 8.60. The normalized spacial score (nSPS) is 20.4. The van der Waals surface area contributed by atoms with Crippen LogP contribution in [-0.4, -0.2) is 90.7 Å². The third kappa shape index (κ3) is 3.83. The summed E-state index contributed by atoms with van der Waals surface area (Å²) in [6.07, 6.45) is 5.71. The molecule has 34 heavy (non-hydrogen) atoms. The minimum absolute atomic E-state index is 0.0929. The van der Waals surface area contributed by atoms with Crippen molar-refractivity contribution in [2.45, 2.75) is 32.6 Å². The van der Waals surface area contributed by atoms with E-state index in [1.54, 1.807) is 18.0 Å². The zero-order valence-electron chi connectivity index (χ0n) is 18.8. The smallest absolute Gasteiger partial charge is 0.336 e. The molecule has 0 atom stereocenters. The molecule has 0 unspecified atom stereocenters. The maximum Gasteiger partial charge on any atom is 0.336 e. The first kappa shape index (κ1) is 22.1. The van der Waals surface area contributed by atoms with E-state index < -0.39 is 11.4 Å². The van der Waals surface area contributed by atoms with Gasteiger partial charge in [0, 0.05) is 19.3 Å². The highest BCUT2D eigenvalue weighted by Crippen LogP contribution is 2.43. The summed E-state index contributed by atoms with van der Waals surface area (Å²) in [6.45, 7) is 4.68. The van der Waals surface area contributed by atoms with Gasteiger partial charge in [-0.25, -0.2) is 14.6 Å². The van der Waals surface area contributed by atoms with E-state index in [1.165, 1.54) is 17.1 Å². The van der Waals surface area contributed by atoms with Crippen molar-refractivity contribution in [3.8, 4) is 5.82 Å². The van der Waals surface area contributed by atoms with E-state index in [-0.39, 0.29) is 24.0 Å². The van der Waals surface area contributed by atoms with Crippen LogP contribution in [0.15, 0.2) is 29.9 Å². The maximum atomic E-state index is 13.3. The van der Waals surface area contributed by atoms with Crippen LogP contribution in [0, 0.1) is 5.41 Å². The fourth-order valence-corrected chi connectivity index (χ4v) is 5.04. The lowest BCUT2D eigenvalue weighted by Crippen LogP contribution is -2.45. The Morgan fingerprint density at radius 1 is 1.21 bits per heavy atom. The van der Waals surface area contributed by atoms with Crippen molar-refractivity contribution in [2.24, 2.45) is 5.41 Å². The monoisotopic (exact) mass is 467 g/mol. The Labute approximate surface area is 195 Å². The van der Waals surface area contributed by atoms with Crippen LogP contribution in [0.3, 0.4) is 0 Å². The van der Waals surface area contributed by atoms with Gasteiger partial charge in [-0.2, -0.15) is 4.68 Å². The number of tetrazole rings is 1. The molecule has 2 saturated heterocycles. The molecule has 0 radical (unpaired) electrons. The summed E-state index contributed by atoms with van der Waals surface area (Å²) in [5, 5.41) is 20.5. The van der Waals surface area contributed by atoms with Crippen molar-refractivity contribution < 1.29 is 24.2 Å². The zero-order chi connectivity index (χ0) is 23.9. The molecule has 1 N–H and O–H groups in total. The number of carbonyl (C=O) groups excluding carboxylic acids is 2. The van der Waals surface area contributed by atoms with Gasteiger partial charge in [0.15, 0.2) is 5.82 Å². The quantitative estimate of drug-likeness (QED) is 0.594. The summed E-state index contributed by atoms with van der Waals surface area (Å²) in [5.41, 5.74) is 1.65. The Morgan fingerprint density at radius 2 is 1.97 bits per heavy atom. The lowest BCUT2D eigenvalue weighted by molar-refractivity contribution is -0.138. The Bertz CT molecular complexity index is 1170. The molecule has 12 nitrogen and oxygen atoms in total. The number of carbonyl (C=O) groups is 3. The number of cyclic esters (lactones) is 1. The fraction of sp³-hybridized carbons (Fsp3) is 0.500. The number of aromatic carboxylic acids is 1. The highest BCUT2D eigenvalue weighted by molar-refractivity contribution is 5.94. The van der Waals surface area contributed by atoms with E-state index in [2.05, 4.69) is 25.4 Å². The van der Waals surface area contributed by atoms with Crippen LogP contribution in [0.2, 0.25) is 0 Å². The van der Waals surface area contributed by atoms with Crippen molar-refractivity contribution in [1.29, 1.82) is 0 Å². The van der Waals surface area contributed by atoms with Crippen LogP contribution >= 0.6 is 0 Å². The average molecular weight is 467 g/mol. The summed E-state index contributed by atoms with van der Waals surface area (Å²) in [6, 6.07) is 1.47. The number of aromatic nitrogens is 5. The predicted molar refractivity (Wildman–Crippen MR) is 116 cm³/mol. The molecule has 0 saturated carbocycles. The summed E-state index contributed by atoms with van der Waals surface area (Å²) < 4.78 is 6.40. The summed E-state index contributed by atoms with van der Waals surface area (Å²) in [4.78, 5) is 45.1. The summed E-state index contributed by atoms with van der Waals surface area (Å²) >= 11 is 0. The minimum atomic E-state index is -1.03. The van der Waals surface area contributed by atoms with Crippen LogP contribution in [0.1, 0.15) is 42.1 Å². The maximum absolute atomic E-state index is 13.3. The lowest BCUT2D eigenvalue weighted by atomic mass is 9.77. The standard InChI is InChI=1S/C22H25N7O5/c1-14-17(12-34-20(14)32)28-9-5-22(21(28)33)3-7-27(8-4-22)6-2-15-11-23-18(10-16(15)19(30)31)29-13-24-25-26-29/h10-11,13H,2-9,12H2,1H3,(H,30,31). The Hall–Kier alpha value is -3.67. The highest BCUT2D eigenvalue weighted by Gasteiger charge is 2.49. The molecule has 2 aromatic heterocycles. The van der Waals surface area contributed by atoms with Gasteiger partial charge in [0.2, 0.25) is 5.91 Å². The first-order valence-corrected chi connectivity index (χ1v) is 11.2. The zero-order valence-corrected chi connectivity index (χ0v) is 18.8. The number of amides is 1. The third-order valence-corrected chi connectivity index (χ3v) is 7.21. The van der Waals surface area contributed by atoms with Gasteiger partial charge >= 0.3 is 11.9 Å². The summed E-state index contributed by atoms with van der Waals surface area (Å²) in [5.74, 6) is -0.940. The van der Waals surface area contributed by atoms with Crippen LogP contribution in [0.4, 0.5) is 0 Å². The molecule has 2 aromatic rings. The molecule has 1 amide bonds. The minimum Gasteiger partial charge on any atom is -0.478 e. The topological polar surface area (TPSA) is 144 Å². The molecule has 12 heteroatoms. The van der Waals surface area contributed by atoms with Gasteiger partial charge < -0.3 is 19.6 Å². The van der Waals surface area contributed by atoms with E-state index in [0.29, 0.717) is 42.2 Å². The number of hydrogen-bond acceptors (Lipinski definition) is 9. The molecular formula is C22H25N7O5. The van der Waals surface area contributed by atoms with Gasteiger partial charge in [0.1, 0.15) is 12.9 Å². The van der Waals surface area contributed by atoms with E-state index in [9.17, 15) is 19.5 Å². The molecule has 1 spiro atoms. The van der Waals surface area contributed by atoms with Gasteiger partial charge in [-0.15, -0.1) is 5.10 Å². The number of esters is 1. The summed E-state index contributed by atoms with van der Waals surface area (Å²) in [7, 11) is 0. The second-order valence-electron chi connectivity index (χ2n) is 8.99. The molecule has 3 aliphatic rings. The van der Waals surface area contributed by atoms with Crippen LogP contribution in [0.5, 0.6) is 0 Å². The molecule has 5 rings (SSSR count). The molecule has 0 bridgehead atoms. The molecule has 2 fully saturated rings. The molecule has 0 aromatic carbocycles. The average Bonchev–Trinajstić information content (AvgIpc) is 3.56. The SMILES string of the molecule is CC1=C(N2CCC3(CCN(CCc4cnc(-n5cnnn5)cc4C(=O)O)CC3)C2=O)COC1=O. The van der Waals surface area contributed by atoms with Crippen LogP contribution in [0.25, 0.3) is 5.82 Å². The van der Waals surface area contributed by atoms with Crippen molar-refractivity contribution in [2.75, 3.05) is 32.8 Å². The predicted octanol–water partition coefficient (Wildman–Crippen LogP) is 0.443. The van der Waals surface area contributed by atoms with Crippen molar-refractivity contribution in [1.82, 2.24) is 35.0 Å². The van der Waals surface area contributed by atoms with Gasteiger partial charge in [0.05, 0.1) is 22.2 Å². The van der Waals surface area contributed by atoms with E-state index in [4.69, 9.17) is 4.74 Å². The van der Waals surface area contributed by atoms with Crippen molar-refractivity contribution in [3.63, 3.8) is 0 Å². The van der Waals surface area contributed by atoms with Gasteiger partial charge in [-0.1, -0.05) is 0 Å². The third-order valence-electron chi connectivity index (χ3n) is 7.21. The van der Waals surface area contributed by atoms with Crippen molar-refractivity contribution in [3.05, 3.63) is 41.0 Å². The lowest BCUT2D eigenvalue weighted by Gasteiger charge is -2.38. The first-order chi connectivity index (χ1) is 16.4. The fourth-order valence-electron chi connectivity index (χ4n) is 5.04. The number of hydrogen-bond donors (Lipinski definition) is 1. The number of carboxylic acid groups (broad SMARTS) is 1. The number of rotatable bonds is 6. The van der Waals surface area contributed by atoms with E-state index in [0.717, 1.165) is 32.4 Å². The largest absolute Gasteiger partial charge is 0.478 e. The highest BCUT2D eigenvalue weighted by atomic mass is 16.5. The number of carboxylic acids is 1. The van der Waals surface area contributed by atoms with E-state index in [1.807, 2.05) is 0 Å². The molecule has 3 aliphatic heterocycles.